The number of hydrogen-bond acceptors (Lipinski definition) is 4. The highest BCUT2D eigenvalue weighted by Crippen LogP contribution is 2.19. The highest BCUT2D eigenvalue weighted by atomic mass is 35.5. The third-order valence-electron chi connectivity index (χ3n) is 3.43. The van der Waals surface area contributed by atoms with E-state index in [1.807, 2.05) is 0 Å². The van der Waals surface area contributed by atoms with E-state index in [0.29, 0.717) is 22.0 Å². The molecular weight excluding hydrogens is 328 g/mol. The molecule has 0 saturated carbocycles. The Balaban J connectivity index is 2.00. The molecule has 0 heterocycles. The summed E-state index contributed by atoms with van der Waals surface area (Å²) in [4.78, 5) is 12.2. The molecule has 0 saturated heterocycles. The number of carbonyl (C=O) groups is 1. The SMILES string of the molecule is Cc1cc(NC(=O)C(C)(O)COc2ccc(Cl)cc2)ccc1C#N. The van der Waals surface area contributed by atoms with Crippen LogP contribution in [0.4, 0.5) is 5.69 Å². The van der Waals surface area contributed by atoms with Gasteiger partial charge in [-0.3, -0.25) is 4.79 Å². The minimum absolute atomic E-state index is 0.213. The highest BCUT2D eigenvalue weighted by Gasteiger charge is 2.31. The van der Waals surface area contributed by atoms with Gasteiger partial charge in [-0.25, -0.2) is 0 Å². The maximum atomic E-state index is 12.2. The van der Waals surface area contributed by atoms with Gasteiger partial charge in [-0.15, -0.1) is 0 Å². The molecule has 124 valence electrons. The molecular formula is C18H17ClN2O3. The molecule has 0 fully saturated rings. The normalized spacial score (nSPS) is 12.8. The number of carbonyl (C=O) groups excluding carboxylic acids is 1. The number of anilines is 1. The Bertz CT molecular complexity index is 780. The summed E-state index contributed by atoms with van der Waals surface area (Å²) in [6.07, 6.45) is 0. The van der Waals surface area contributed by atoms with E-state index in [4.69, 9.17) is 21.6 Å². The maximum Gasteiger partial charge on any atom is 0.259 e. The van der Waals surface area contributed by atoms with Gasteiger partial charge in [0.25, 0.3) is 5.91 Å². The van der Waals surface area contributed by atoms with Gasteiger partial charge in [0.1, 0.15) is 12.4 Å². The van der Waals surface area contributed by atoms with E-state index >= 15 is 0 Å². The predicted octanol–water partition coefficient (Wildman–Crippen LogP) is 3.29. The first-order valence-electron chi connectivity index (χ1n) is 7.25. The van der Waals surface area contributed by atoms with Gasteiger partial charge in [0, 0.05) is 10.7 Å². The molecule has 1 unspecified atom stereocenters. The van der Waals surface area contributed by atoms with Gasteiger partial charge in [-0.1, -0.05) is 11.6 Å². The van der Waals surface area contributed by atoms with Gasteiger partial charge < -0.3 is 15.2 Å². The van der Waals surface area contributed by atoms with Crippen molar-refractivity contribution in [1.82, 2.24) is 0 Å². The quantitative estimate of drug-likeness (QED) is 0.872. The maximum absolute atomic E-state index is 12.2. The molecule has 0 aliphatic heterocycles. The monoisotopic (exact) mass is 344 g/mol. The summed E-state index contributed by atoms with van der Waals surface area (Å²) in [5.74, 6) is -0.0951. The van der Waals surface area contributed by atoms with E-state index in [1.165, 1.54) is 6.92 Å². The van der Waals surface area contributed by atoms with Gasteiger partial charge in [-0.2, -0.15) is 5.26 Å². The van der Waals surface area contributed by atoms with Gasteiger partial charge in [-0.05, 0) is 61.9 Å². The topological polar surface area (TPSA) is 82.3 Å². The number of nitriles is 1. The number of nitrogens with zero attached hydrogens (tertiary/aromatic N) is 1. The van der Waals surface area contributed by atoms with Crippen molar-refractivity contribution >= 4 is 23.2 Å². The van der Waals surface area contributed by atoms with E-state index in [9.17, 15) is 9.90 Å². The fourth-order valence-corrected chi connectivity index (χ4v) is 2.08. The molecule has 2 rings (SSSR count). The average Bonchev–Trinajstić information content (AvgIpc) is 2.54. The van der Waals surface area contributed by atoms with Crippen molar-refractivity contribution in [2.45, 2.75) is 19.4 Å². The van der Waals surface area contributed by atoms with Crippen LogP contribution in [0.25, 0.3) is 0 Å². The molecule has 2 aromatic carbocycles. The van der Waals surface area contributed by atoms with Crippen molar-refractivity contribution < 1.29 is 14.6 Å². The third-order valence-corrected chi connectivity index (χ3v) is 3.68. The van der Waals surface area contributed by atoms with Crippen LogP contribution in [-0.4, -0.2) is 23.2 Å². The zero-order valence-electron chi connectivity index (χ0n) is 13.3. The van der Waals surface area contributed by atoms with Crippen LogP contribution in [-0.2, 0) is 4.79 Å². The van der Waals surface area contributed by atoms with Gasteiger partial charge in [0.15, 0.2) is 5.60 Å². The minimum atomic E-state index is -1.72. The fraction of sp³-hybridized carbons (Fsp3) is 0.222. The molecule has 1 atom stereocenters. The number of aliphatic hydroxyl groups is 1. The molecule has 5 nitrogen and oxygen atoms in total. The summed E-state index contributed by atoms with van der Waals surface area (Å²) in [6, 6.07) is 13.6. The van der Waals surface area contributed by atoms with E-state index in [1.54, 1.807) is 49.4 Å². The third kappa shape index (κ3) is 4.48. The molecule has 0 radical (unpaired) electrons. The zero-order valence-corrected chi connectivity index (χ0v) is 14.1. The highest BCUT2D eigenvalue weighted by molar-refractivity contribution is 6.30. The number of nitrogens with one attached hydrogen (secondary N) is 1. The minimum Gasteiger partial charge on any atom is -0.490 e. The van der Waals surface area contributed by atoms with Crippen LogP contribution in [0, 0.1) is 18.3 Å². The Hall–Kier alpha value is -2.55. The first-order valence-corrected chi connectivity index (χ1v) is 7.62. The van der Waals surface area contributed by atoms with Crippen LogP contribution in [0.1, 0.15) is 18.1 Å². The molecule has 0 aromatic heterocycles. The number of ether oxygens (including phenoxy) is 1. The van der Waals surface area contributed by atoms with Crippen LogP contribution >= 0.6 is 11.6 Å². The first-order chi connectivity index (χ1) is 11.3. The lowest BCUT2D eigenvalue weighted by Gasteiger charge is -2.22. The van der Waals surface area contributed by atoms with E-state index < -0.39 is 11.5 Å². The average molecular weight is 345 g/mol. The summed E-state index contributed by atoms with van der Waals surface area (Å²) < 4.78 is 5.43. The van der Waals surface area contributed by atoms with Crippen molar-refractivity contribution in [2.75, 3.05) is 11.9 Å². The largest absolute Gasteiger partial charge is 0.490 e. The first kappa shape index (κ1) is 17.8. The molecule has 6 heteroatoms. The van der Waals surface area contributed by atoms with Crippen LogP contribution in [0.15, 0.2) is 42.5 Å². The number of amides is 1. The van der Waals surface area contributed by atoms with E-state index in [0.717, 1.165) is 5.56 Å². The van der Waals surface area contributed by atoms with Crippen molar-refractivity contribution in [3.63, 3.8) is 0 Å². The Kier molecular flexibility index (Phi) is 5.45. The van der Waals surface area contributed by atoms with Crippen LogP contribution in [0.5, 0.6) is 5.75 Å². The van der Waals surface area contributed by atoms with Gasteiger partial charge in [0.05, 0.1) is 11.6 Å². The van der Waals surface area contributed by atoms with E-state index in [2.05, 4.69) is 11.4 Å². The van der Waals surface area contributed by atoms with Crippen molar-refractivity contribution in [3.8, 4) is 11.8 Å². The molecule has 2 aromatic rings. The van der Waals surface area contributed by atoms with Crippen LogP contribution < -0.4 is 10.1 Å². The molecule has 1 amide bonds. The smallest absolute Gasteiger partial charge is 0.259 e. The molecule has 0 bridgehead atoms. The van der Waals surface area contributed by atoms with Crippen molar-refractivity contribution in [2.24, 2.45) is 0 Å². The lowest BCUT2D eigenvalue weighted by Crippen LogP contribution is -2.45. The standard InChI is InChI=1S/C18H17ClN2O3/c1-12-9-15(6-3-13(12)10-20)21-17(22)18(2,23)11-24-16-7-4-14(19)5-8-16/h3-9,23H,11H2,1-2H3,(H,21,22). The summed E-state index contributed by atoms with van der Waals surface area (Å²) in [5.41, 5.74) is 0.0583. The second-order valence-corrected chi connectivity index (χ2v) is 6.05. The molecule has 0 aliphatic rings. The summed E-state index contributed by atoms with van der Waals surface area (Å²) >= 11 is 5.79. The fourth-order valence-electron chi connectivity index (χ4n) is 1.95. The zero-order chi connectivity index (χ0) is 17.7. The van der Waals surface area contributed by atoms with Crippen molar-refractivity contribution in [3.05, 3.63) is 58.6 Å². The molecule has 0 aliphatic carbocycles. The number of aryl methyl sites for hydroxylation is 1. The summed E-state index contributed by atoms with van der Waals surface area (Å²) in [7, 11) is 0. The lowest BCUT2D eigenvalue weighted by atomic mass is 10.1. The van der Waals surface area contributed by atoms with Crippen molar-refractivity contribution in [1.29, 1.82) is 5.26 Å². The second-order valence-electron chi connectivity index (χ2n) is 5.61. The van der Waals surface area contributed by atoms with Gasteiger partial charge in [0.2, 0.25) is 0 Å². The summed E-state index contributed by atoms with van der Waals surface area (Å²) in [6.45, 7) is 2.93. The van der Waals surface area contributed by atoms with Gasteiger partial charge >= 0.3 is 0 Å². The van der Waals surface area contributed by atoms with Crippen LogP contribution in [0.3, 0.4) is 0 Å². The molecule has 0 spiro atoms. The number of benzene rings is 2. The summed E-state index contributed by atoms with van der Waals surface area (Å²) in [5, 5.41) is 22.4. The molecule has 24 heavy (non-hydrogen) atoms. The van der Waals surface area contributed by atoms with E-state index in [-0.39, 0.29) is 6.61 Å². The van der Waals surface area contributed by atoms with Crippen LogP contribution in [0.2, 0.25) is 5.02 Å². The molecule has 2 N–H and O–H groups in total. The second kappa shape index (κ2) is 7.35. The number of halogens is 1. The number of rotatable bonds is 5. The lowest BCUT2D eigenvalue weighted by molar-refractivity contribution is -0.135. The Morgan fingerprint density at radius 1 is 1.33 bits per heavy atom. The Morgan fingerprint density at radius 2 is 2.00 bits per heavy atom. The predicted molar refractivity (Wildman–Crippen MR) is 92.1 cm³/mol. The Labute approximate surface area is 145 Å². The Morgan fingerprint density at radius 3 is 2.58 bits per heavy atom. The number of hydrogen-bond donors (Lipinski definition) is 2.